The van der Waals surface area contributed by atoms with Gasteiger partial charge in [-0.1, -0.05) is 30.4 Å². The Morgan fingerprint density at radius 2 is 2.05 bits per heavy atom. The molecule has 2 N–H and O–H groups in total. The first-order chi connectivity index (χ1) is 10.2. The minimum atomic E-state index is 0.466. The summed E-state index contributed by atoms with van der Waals surface area (Å²) in [5.41, 5.74) is 9.00. The predicted molar refractivity (Wildman–Crippen MR) is 88.2 cm³/mol. The number of thiocarbonyl (C=S) groups is 1. The Labute approximate surface area is 128 Å². The highest BCUT2D eigenvalue weighted by Crippen LogP contribution is 2.17. The SMILES string of the molecule is NC(=S)Cc1nc2ccccc2n1CCc1cccnc1. The summed E-state index contributed by atoms with van der Waals surface area (Å²) in [7, 11) is 0. The number of fused-ring (bicyclic) bond motifs is 1. The fourth-order valence-electron chi connectivity index (χ4n) is 2.45. The molecule has 3 aromatic rings. The van der Waals surface area contributed by atoms with Crippen molar-refractivity contribution in [3.63, 3.8) is 0 Å². The second-order valence-corrected chi connectivity index (χ2v) is 5.45. The predicted octanol–water partition coefficient (Wildman–Crippen LogP) is 2.50. The van der Waals surface area contributed by atoms with E-state index >= 15 is 0 Å². The van der Waals surface area contributed by atoms with Crippen LogP contribution < -0.4 is 5.73 Å². The molecule has 0 radical (unpaired) electrons. The van der Waals surface area contributed by atoms with Gasteiger partial charge in [0.25, 0.3) is 0 Å². The van der Waals surface area contributed by atoms with Crippen molar-refractivity contribution in [2.75, 3.05) is 0 Å². The summed E-state index contributed by atoms with van der Waals surface area (Å²) in [6.45, 7) is 0.837. The van der Waals surface area contributed by atoms with Crippen LogP contribution in [0.15, 0.2) is 48.8 Å². The molecule has 4 nitrogen and oxygen atoms in total. The highest BCUT2D eigenvalue weighted by Gasteiger charge is 2.11. The average molecular weight is 296 g/mol. The molecule has 2 heterocycles. The first-order valence-corrected chi connectivity index (χ1v) is 7.26. The molecule has 21 heavy (non-hydrogen) atoms. The first kappa shape index (κ1) is 13.7. The zero-order chi connectivity index (χ0) is 14.7. The average Bonchev–Trinajstić information content (AvgIpc) is 2.82. The number of nitrogens with two attached hydrogens (primary N) is 1. The van der Waals surface area contributed by atoms with Crippen molar-refractivity contribution < 1.29 is 0 Å². The maximum Gasteiger partial charge on any atom is 0.116 e. The number of benzene rings is 1. The fraction of sp³-hybridized carbons (Fsp3) is 0.188. The molecule has 0 atom stereocenters. The van der Waals surface area contributed by atoms with Crippen LogP contribution in [0.4, 0.5) is 0 Å². The molecule has 0 amide bonds. The van der Waals surface area contributed by atoms with Crippen LogP contribution in [0.25, 0.3) is 11.0 Å². The summed E-state index contributed by atoms with van der Waals surface area (Å²) in [4.78, 5) is 9.26. The van der Waals surface area contributed by atoms with Gasteiger partial charge in [-0.2, -0.15) is 0 Å². The van der Waals surface area contributed by atoms with Gasteiger partial charge in [0.05, 0.1) is 22.4 Å². The Balaban J connectivity index is 1.93. The number of nitrogens with zero attached hydrogens (tertiary/aromatic N) is 3. The number of rotatable bonds is 5. The van der Waals surface area contributed by atoms with Crippen LogP contribution >= 0.6 is 12.2 Å². The van der Waals surface area contributed by atoms with Crippen LogP contribution in [0.3, 0.4) is 0 Å². The quantitative estimate of drug-likeness (QED) is 0.735. The van der Waals surface area contributed by atoms with Gasteiger partial charge < -0.3 is 10.3 Å². The van der Waals surface area contributed by atoms with Crippen molar-refractivity contribution >= 4 is 28.2 Å². The zero-order valence-electron chi connectivity index (χ0n) is 11.6. The molecule has 0 unspecified atom stereocenters. The summed E-state index contributed by atoms with van der Waals surface area (Å²) in [5.74, 6) is 0.924. The molecule has 0 spiro atoms. The molecular formula is C16H16N4S. The van der Waals surface area contributed by atoms with Crippen LogP contribution in [-0.2, 0) is 19.4 Å². The Morgan fingerprint density at radius 3 is 2.81 bits per heavy atom. The normalized spacial score (nSPS) is 10.9. The van der Waals surface area contributed by atoms with E-state index in [4.69, 9.17) is 18.0 Å². The van der Waals surface area contributed by atoms with E-state index in [1.165, 1.54) is 5.56 Å². The molecule has 0 saturated carbocycles. The van der Waals surface area contributed by atoms with Crippen molar-refractivity contribution in [3.05, 3.63) is 60.2 Å². The van der Waals surface area contributed by atoms with Crippen LogP contribution in [0, 0.1) is 0 Å². The first-order valence-electron chi connectivity index (χ1n) is 6.85. The highest BCUT2D eigenvalue weighted by molar-refractivity contribution is 7.80. The van der Waals surface area contributed by atoms with E-state index in [2.05, 4.69) is 26.7 Å². The topological polar surface area (TPSA) is 56.7 Å². The molecule has 0 aliphatic rings. The second-order valence-electron chi connectivity index (χ2n) is 4.92. The number of pyridine rings is 1. The Kier molecular flexibility index (Phi) is 3.92. The lowest BCUT2D eigenvalue weighted by Crippen LogP contribution is -2.16. The van der Waals surface area contributed by atoms with E-state index in [9.17, 15) is 0 Å². The lowest BCUT2D eigenvalue weighted by molar-refractivity contribution is 0.684. The molecule has 0 saturated heterocycles. The van der Waals surface area contributed by atoms with Gasteiger partial charge in [0, 0.05) is 18.9 Å². The third kappa shape index (κ3) is 3.08. The Hall–Kier alpha value is -2.27. The van der Waals surface area contributed by atoms with Crippen molar-refractivity contribution in [2.45, 2.75) is 19.4 Å². The third-order valence-corrected chi connectivity index (χ3v) is 3.56. The van der Waals surface area contributed by atoms with Crippen LogP contribution in [0.5, 0.6) is 0 Å². The fourth-order valence-corrected chi connectivity index (χ4v) is 2.58. The number of imidazole rings is 1. The minimum absolute atomic E-state index is 0.466. The van der Waals surface area contributed by atoms with Gasteiger partial charge in [0.15, 0.2) is 0 Å². The third-order valence-electron chi connectivity index (χ3n) is 3.41. The van der Waals surface area contributed by atoms with E-state index < -0.39 is 0 Å². The van der Waals surface area contributed by atoms with Gasteiger partial charge in [-0.05, 0) is 30.2 Å². The Morgan fingerprint density at radius 1 is 1.19 bits per heavy atom. The van der Waals surface area contributed by atoms with Crippen LogP contribution in [0.1, 0.15) is 11.4 Å². The summed E-state index contributed by atoms with van der Waals surface area (Å²) in [5, 5.41) is 0. The molecule has 106 valence electrons. The number of aromatic nitrogens is 3. The molecule has 5 heteroatoms. The molecule has 0 fully saturated rings. The molecule has 3 rings (SSSR count). The Bertz CT molecular complexity index is 764. The van der Waals surface area contributed by atoms with Crippen LogP contribution in [0.2, 0.25) is 0 Å². The summed E-state index contributed by atoms with van der Waals surface area (Å²) in [6.07, 6.45) is 5.11. The van der Waals surface area contributed by atoms with E-state index in [0.717, 1.165) is 29.8 Å². The van der Waals surface area contributed by atoms with E-state index in [0.29, 0.717) is 11.4 Å². The van der Waals surface area contributed by atoms with Gasteiger partial charge in [-0.3, -0.25) is 4.98 Å². The molecule has 0 aliphatic carbocycles. The minimum Gasteiger partial charge on any atom is -0.393 e. The number of aryl methyl sites for hydroxylation is 2. The van der Waals surface area contributed by atoms with Gasteiger partial charge in [-0.15, -0.1) is 0 Å². The number of hydrogen-bond donors (Lipinski definition) is 1. The van der Waals surface area contributed by atoms with Gasteiger partial charge in [0.2, 0.25) is 0 Å². The largest absolute Gasteiger partial charge is 0.393 e. The summed E-state index contributed by atoms with van der Waals surface area (Å²) in [6, 6.07) is 12.1. The van der Waals surface area contributed by atoms with E-state index in [1.54, 1.807) is 6.20 Å². The van der Waals surface area contributed by atoms with Crippen molar-refractivity contribution in [3.8, 4) is 0 Å². The molecular weight excluding hydrogens is 280 g/mol. The van der Waals surface area contributed by atoms with Gasteiger partial charge in [-0.25, -0.2) is 4.98 Å². The number of hydrogen-bond acceptors (Lipinski definition) is 3. The van der Waals surface area contributed by atoms with Gasteiger partial charge >= 0.3 is 0 Å². The van der Waals surface area contributed by atoms with Crippen LogP contribution in [-0.4, -0.2) is 19.5 Å². The summed E-state index contributed by atoms with van der Waals surface area (Å²) >= 11 is 5.03. The van der Waals surface area contributed by atoms with Crippen molar-refractivity contribution in [1.29, 1.82) is 0 Å². The molecule has 0 bridgehead atoms. The summed E-state index contributed by atoms with van der Waals surface area (Å²) < 4.78 is 2.20. The smallest absolute Gasteiger partial charge is 0.116 e. The van der Waals surface area contributed by atoms with Crippen molar-refractivity contribution in [2.24, 2.45) is 5.73 Å². The van der Waals surface area contributed by atoms with E-state index in [1.807, 2.05) is 30.5 Å². The highest BCUT2D eigenvalue weighted by atomic mass is 32.1. The second kappa shape index (κ2) is 6.01. The lowest BCUT2D eigenvalue weighted by atomic mass is 10.2. The molecule has 1 aromatic carbocycles. The van der Waals surface area contributed by atoms with Crippen molar-refractivity contribution in [1.82, 2.24) is 14.5 Å². The zero-order valence-corrected chi connectivity index (χ0v) is 12.4. The standard InChI is InChI=1S/C16H16N4S/c17-15(21)10-16-19-13-5-1-2-6-14(13)20(16)9-7-12-4-3-8-18-11-12/h1-6,8,11H,7,9-10H2,(H2,17,21). The van der Waals surface area contributed by atoms with Gasteiger partial charge in [0.1, 0.15) is 5.82 Å². The lowest BCUT2D eigenvalue weighted by Gasteiger charge is -2.08. The molecule has 2 aromatic heterocycles. The van der Waals surface area contributed by atoms with E-state index in [-0.39, 0.29) is 0 Å². The number of para-hydroxylation sites is 2. The molecule has 0 aliphatic heterocycles. The maximum absolute atomic E-state index is 5.69. The monoisotopic (exact) mass is 296 g/mol. The maximum atomic E-state index is 5.69.